The minimum Gasteiger partial charge on any atom is -0.496 e. The van der Waals surface area contributed by atoms with E-state index < -0.39 is 0 Å². The Balaban J connectivity index is 2.27. The number of halogens is 1. The van der Waals surface area contributed by atoms with E-state index in [1.165, 1.54) is 6.07 Å². The Morgan fingerprint density at radius 3 is 3.07 bits per heavy atom. The Labute approximate surface area is 93.2 Å². The average molecular weight is 227 g/mol. The Morgan fingerprint density at radius 2 is 2.40 bits per heavy atom. The molecule has 0 aliphatic carbocycles. The molecular formula is C11H14FNOS. The molecule has 1 atom stereocenters. The molecule has 1 fully saturated rings. The molecule has 0 bridgehead atoms. The topological polar surface area (TPSA) is 21.3 Å². The van der Waals surface area contributed by atoms with Crippen LogP contribution in [0.1, 0.15) is 10.8 Å². The number of hydrogen-bond acceptors (Lipinski definition) is 3. The summed E-state index contributed by atoms with van der Waals surface area (Å²) in [6, 6.07) is 4.70. The first-order chi connectivity index (χ1) is 7.31. The molecule has 1 aromatic rings. The third kappa shape index (κ3) is 2.44. The van der Waals surface area contributed by atoms with E-state index in [1.54, 1.807) is 19.2 Å². The number of methoxy groups -OCH3 is 1. The van der Waals surface area contributed by atoms with Gasteiger partial charge in [0.05, 0.1) is 7.11 Å². The number of benzene rings is 1. The zero-order valence-electron chi connectivity index (χ0n) is 8.63. The standard InChI is InChI=1S/C11H14FNOS/c1-14-10-3-2-8(12)6-9(10)11-7-13-4-5-15-11/h2-3,6,11,13H,4-5,7H2,1H3. The first-order valence-corrected chi connectivity index (χ1v) is 6.02. The highest BCUT2D eigenvalue weighted by molar-refractivity contribution is 7.99. The molecule has 0 aromatic heterocycles. The Hall–Kier alpha value is -0.740. The van der Waals surface area contributed by atoms with E-state index in [1.807, 2.05) is 11.8 Å². The van der Waals surface area contributed by atoms with Crippen LogP contribution in [0.15, 0.2) is 18.2 Å². The fourth-order valence-electron chi connectivity index (χ4n) is 1.72. The minimum atomic E-state index is -0.197. The highest BCUT2D eigenvalue weighted by Gasteiger charge is 2.19. The number of rotatable bonds is 2. The smallest absolute Gasteiger partial charge is 0.123 e. The molecule has 1 heterocycles. The van der Waals surface area contributed by atoms with Crippen molar-refractivity contribution in [3.8, 4) is 5.75 Å². The molecule has 0 radical (unpaired) electrons. The minimum absolute atomic E-state index is 0.197. The molecule has 1 aromatic carbocycles. The van der Waals surface area contributed by atoms with Crippen molar-refractivity contribution in [3.63, 3.8) is 0 Å². The molecular weight excluding hydrogens is 213 g/mol. The number of thioether (sulfide) groups is 1. The van der Waals surface area contributed by atoms with E-state index in [9.17, 15) is 4.39 Å². The number of nitrogens with one attached hydrogen (secondary N) is 1. The molecule has 2 rings (SSSR count). The van der Waals surface area contributed by atoms with Crippen molar-refractivity contribution in [1.82, 2.24) is 5.32 Å². The van der Waals surface area contributed by atoms with Crippen LogP contribution >= 0.6 is 11.8 Å². The number of ether oxygens (including phenoxy) is 1. The van der Waals surface area contributed by atoms with E-state index in [-0.39, 0.29) is 5.82 Å². The lowest BCUT2D eigenvalue weighted by Gasteiger charge is -2.24. The van der Waals surface area contributed by atoms with Gasteiger partial charge in [0.15, 0.2) is 0 Å². The van der Waals surface area contributed by atoms with Gasteiger partial charge >= 0.3 is 0 Å². The third-order valence-corrected chi connectivity index (χ3v) is 3.73. The molecule has 82 valence electrons. The molecule has 4 heteroatoms. The summed E-state index contributed by atoms with van der Waals surface area (Å²) < 4.78 is 18.4. The van der Waals surface area contributed by atoms with E-state index in [0.29, 0.717) is 5.25 Å². The summed E-state index contributed by atoms with van der Waals surface area (Å²) in [5.74, 6) is 1.64. The summed E-state index contributed by atoms with van der Waals surface area (Å²) in [4.78, 5) is 0. The molecule has 0 saturated carbocycles. The SMILES string of the molecule is COc1ccc(F)cc1C1CNCCS1. The van der Waals surface area contributed by atoms with Crippen molar-refractivity contribution in [2.45, 2.75) is 5.25 Å². The van der Waals surface area contributed by atoms with Gasteiger partial charge in [-0.25, -0.2) is 4.39 Å². The van der Waals surface area contributed by atoms with Crippen LogP contribution in [0.3, 0.4) is 0 Å². The quantitative estimate of drug-likeness (QED) is 0.837. The molecule has 1 saturated heterocycles. The highest BCUT2D eigenvalue weighted by Crippen LogP contribution is 2.36. The summed E-state index contributed by atoms with van der Waals surface area (Å²) in [5, 5.41) is 3.60. The lowest BCUT2D eigenvalue weighted by molar-refractivity contribution is 0.407. The average Bonchev–Trinajstić information content (AvgIpc) is 2.30. The maximum atomic E-state index is 13.2. The largest absolute Gasteiger partial charge is 0.496 e. The first kappa shape index (κ1) is 10.8. The van der Waals surface area contributed by atoms with Gasteiger partial charge in [-0.05, 0) is 18.2 Å². The Kier molecular flexibility index (Phi) is 3.49. The maximum Gasteiger partial charge on any atom is 0.123 e. The van der Waals surface area contributed by atoms with Crippen molar-refractivity contribution in [1.29, 1.82) is 0 Å². The second-order valence-corrected chi connectivity index (χ2v) is 4.76. The van der Waals surface area contributed by atoms with Gasteiger partial charge in [-0.15, -0.1) is 0 Å². The van der Waals surface area contributed by atoms with Crippen LogP contribution in [0.5, 0.6) is 5.75 Å². The van der Waals surface area contributed by atoms with Crippen LogP contribution in [-0.4, -0.2) is 26.0 Å². The van der Waals surface area contributed by atoms with Gasteiger partial charge in [0.1, 0.15) is 11.6 Å². The molecule has 1 N–H and O–H groups in total. The van der Waals surface area contributed by atoms with Crippen molar-refractivity contribution in [3.05, 3.63) is 29.6 Å². The lowest BCUT2D eigenvalue weighted by Crippen LogP contribution is -2.28. The maximum absolute atomic E-state index is 13.2. The van der Waals surface area contributed by atoms with E-state index >= 15 is 0 Å². The fourth-order valence-corrected chi connectivity index (χ4v) is 2.87. The number of hydrogen-bond donors (Lipinski definition) is 1. The van der Waals surface area contributed by atoms with Crippen LogP contribution in [0.2, 0.25) is 0 Å². The summed E-state index contributed by atoms with van der Waals surface area (Å²) in [7, 11) is 1.62. The third-order valence-electron chi connectivity index (χ3n) is 2.47. The highest BCUT2D eigenvalue weighted by atomic mass is 32.2. The molecule has 0 amide bonds. The van der Waals surface area contributed by atoms with E-state index in [0.717, 1.165) is 30.2 Å². The van der Waals surface area contributed by atoms with Crippen LogP contribution in [-0.2, 0) is 0 Å². The second-order valence-electron chi connectivity index (χ2n) is 3.45. The second kappa shape index (κ2) is 4.86. The van der Waals surface area contributed by atoms with Gasteiger partial charge in [-0.1, -0.05) is 0 Å². The molecule has 2 nitrogen and oxygen atoms in total. The molecule has 15 heavy (non-hydrogen) atoms. The van der Waals surface area contributed by atoms with Gasteiger partial charge in [-0.3, -0.25) is 0 Å². The van der Waals surface area contributed by atoms with Gasteiger partial charge < -0.3 is 10.1 Å². The van der Waals surface area contributed by atoms with Gasteiger partial charge in [0, 0.05) is 29.7 Å². The van der Waals surface area contributed by atoms with E-state index in [4.69, 9.17) is 4.74 Å². The van der Waals surface area contributed by atoms with Crippen LogP contribution in [0, 0.1) is 5.82 Å². The van der Waals surface area contributed by atoms with E-state index in [2.05, 4.69) is 5.32 Å². The zero-order chi connectivity index (χ0) is 10.7. The van der Waals surface area contributed by atoms with Crippen molar-refractivity contribution in [2.75, 3.05) is 26.0 Å². The Bertz CT molecular complexity index is 339. The predicted molar refractivity (Wildman–Crippen MR) is 61.0 cm³/mol. The van der Waals surface area contributed by atoms with Crippen LogP contribution < -0.4 is 10.1 Å². The van der Waals surface area contributed by atoms with Crippen molar-refractivity contribution >= 4 is 11.8 Å². The lowest BCUT2D eigenvalue weighted by atomic mass is 10.1. The molecule has 1 unspecified atom stereocenters. The van der Waals surface area contributed by atoms with Crippen LogP contribution in [0.4, 0.5) is 4.39 Å². The van der Waals surface area contributed by atoms with Crippen molar-refractivity contribution < 1.29 is 9.13 Å². The zero-order valence-corrected chi connectivity index (χ0v) is 9.44. The first-order valence-electron chi connectivity index (χ1n) is 4.97. The van der Waals surface area contributed by atoms with Gasteiger partial charge in [0.2, 0.25) is 0 Å². The monoisotopic (exact) mass is 227 g/mol. The van der Waals surface area contributed by atoms with Gasteiger partial charge in [-0.2, -0.15) is 11.8 Å². The molecule has 0 spiro atoms. The summed E-state index contributed by atoms with van der Waals surface area (Å²) in [6.45, 7) is 1.91. The summed E-state index contributed by atoms with van der Waals surface area (Å²) in [6.07, 6.45) is 0. The predicted octanol–water partition coefficient (Wildman–Crippen LogP) is 2.21. The normalized spacial score (nSPS) is 21.3. The van der Waals surface area contributed by atoms with Crippen molar-refractivity contribution in [2.24, 2.45) is 0 Å². The van der Waals surface area contributed by atoms with Crippen LogP contribution in [0.25, 0.3) is 0 Å². The molecule has 1 aliphatic heterocycles. The fraction of sp³-hybridized carbons (Fsp3) is 0.455. The van der Waals surface area contributed by atoms with Gasteiger partial charge in [0.25, 0.3) is 0 Å². The molecule has 1 aliphatic rings. The summed E-state index contributed by atoms with van der Waals surface area (Å²) >= 11 is 1.85. The Morgan fingerprint density at radius 1 is 1.53 bits per heavy atom. The summed E-state index contributed by atoms with van der Waals surface area (Å²) in [5.41, 5.74) is 0.953.